The van der Waals surface area contributed by atoms with Crippen LogP contribution >= 0.6 is 0 Å². The van der Waals surface area contributed by atoms with Crippen LogP contribution in [-0.4, -0.2) is 48.2 Å². The fourth-order valence-electron chi connectivity index (χ4n) is 2.40. The molecule has 1 aliphatic heterocycles. The maximum atomic E-state index is 12.0. The van der Waals surface area contributed by atoms with Crippen LogP contribution in [0.1, 0.15) is 45.4 Å². The van der Waals surface area contributed by atoms with Crippen molar-refractivity contribution in [2.75, 3.05) is 20.2 Å². The first-order chi connectivity index (χ1) is 9.02. The molecule has 0 aromatic rings. The molecule has 0 aliphatic carbocycles. The van der Waals surface area contributed by atoms with Crippen LogP contribution in [0.3, 0.4) is 0 Å². The van der Waals surface area contributed by atoms with Crippen LogP contribution in [0, 0.1) is 5.92 Å². The smallest absolute Gasteiger partial charge is 0.303 e. The van der Waals surface area contributed by atoms with E-state index in [0.717, 1.165) is 38.8 Å². The SMILES string of the molecule is COC(C)CCC(=O)N1CCC(CCC(=O)O)CC1. The third-order valence-corrected chi connectivity index (χ3v) is 3.90. The predicted molar refractivity (Wildman–Crippen MR) is 71.9 cm³/mol. The van der Waals surface area contributed by atoms with Gasteiger partial charge in [-0.05, 0) is 38.5 Å². The molecule has 0 spiro atoms. The number of carbonyl (C=O) groups is 2. The van der Waals surface area contributed by atoms with Crippen LogP contribution < -0.4 is 0 Å². The van der Waals surface area contributed by atoms with Crippen molar-refractivity contribution in [3.05, 3.63) is 0 Å². The largest absolute Gasteiger partial charge is 0.481 e. The van der Waals surface area contributed by atoms with Gasteiger partial charge in [0.1, 0.15) is 0 Å². The molecule has 1 rings (SSSR count). The fourth-order valence-corrected chi connectivity index (χ4v) is 2.40. The summed E-state index contributed by atoms with van der Waals surface area (Å²) in [5, 5.41) is 8.65. The third kappa shape index (κ3) is 6.05. The van der Waals surface area contributed by atoms with Crippen molar-refractivity contribution in [3.8, 4) is 0 Å². The number of methoxy groups -OCH3 is 1. The van der Waals surface area contributed by atoms with Gasteiger partial charge in [0, 0.05) is 33.0 Å². The van der Waals surface area contributed by atoms with Gasteiger partial charge in [0.25, 0.3) is 0 Å². The lowest BCUT2D eigenvalue weighted by Crippen LogP contribution is -2.38. The van der Waals surface area contributed by atoms with E-state index in [1.807, 2.05) is 11.8 Å². The Morgan fingerprint density at radius 1 is 1.32 bits per heavy atom. The zero-order valence-corrected chi connectivity index (χ0v) is 11.9. The van der Waals surface area contributed by atoms with Gasteiger partial charge in [-0.25, -0.2) is 0 Å². The van der Waals surface area contributed by atoms with E-state index in [4.69, 9.17) is 9.84 Å². The van der Waals surface area contributed by atoms with Gasteiger partial charge in [0.15, 0.2) is 0 Å². The van der Waals surface area contributed by atoms with Crippen LogP contribution in [0.25, 0.3) is 0 Å². The summed E-state index contributed by atoms with van der Waals surface area (Å²) in [6.45, 7) is 3.50. The van der Waals surface area contributed by atoms with Gasteiger partial charge in [-0.2, -0.15) is 0 Å². The summed E-state index contributed by atoms with van der Waals surface area (Å²) >= 11 is 0. The number of piperidine rings is 1. The number of carbonyl (C=O) groups excluding carboxylic acids is 1. The summed E-state index contributed by atoms with van der Waals surface area (Å²) in [5.41, 5.74) is 0. The molecule has 0 radical (unpaired) electrons. The molecule has 0 aromatic heterocycles. The molecule has 1 N–H and O–H groups in total. The first-order valence-corrected chi connectivity index (χ1v) is 7.05. The van der Waals surface area contributed by atoms with Gasteiger partial charge in [0.2, 0.25) is 5.91 Å². The van der Waals surface area contributed by atoms with E-state index in [1.165, 1.54) is 0 Å². The van der Waals surface area contributed by atoms with Gasteiger partial charge in [-0.15, -0.1) is 0 Å². The molecule has 0 saturated carbocycles. The Hall–Kier alpha value is -1.10. The fraction of sp³-hybridized carbons (Fsp3) is 0.857. The zero-order valence-electron chi connectivity index (χ0n) is 11.9. The zero-order chi connectivity index (χ0) is 14.3. The predicted octanol–water partition coefficient (Wildman–Crippen LogP) is 1.90. The molecule has 1 heterocycles. The highest BCUT2D eigenvalue weighted by Gasteiger charge is 2.23. The Labute approximate surface area is 114 Å². The summed E-state index contributed by atoms with van der Waals surface area (Å²) in [7, 11) is 1.66. The highest BCUT2D eigenvalue weighted by Crippen LogP contribution is 2.22. The molecule has 5 heteroatoms. The number of ether oxygens (including phenoxy) is 1. The Kier molecular flexibility index (Phi) is 6.84. The van der Waals surface area contributed by atoms with Crippen molar-refractivity contribution in [3.63, 3.8) is 0 Å². The third-order valence-electron chi connectivity index (χ3n) is 3.90. The van der Waals surface area contributed by atoms with Crippen molar-refractivity contribution >= 4 is 11.9 Å². The average Bonchev–Trinajstić information content (AvgIpc) is 2.42. The highest BCUT2D eigenvalue weighted by molar-refractivity contribution is 5.76. The second-order valence-corrected chi connectivity index (χ2v) is 5.34. The molecular weight excluding hydrogens is 246 g/mol. The summed E-state index contributed by atoms with van der Waals surface area (Å²) < 4.78 is 5.13. The topological polar surface area (TPSA) is 66.8 Å². The molecule has 1 fully saturated rings. The average molecular weight is 271 g/mol. The van der Waals surface area contributed by atoms with Crippen molar-refractivity contribution in [1.29, 1.82) is 0 Å². The standard InChI is InChI=1S/C14H25NO4/c1-11(19-2)3-5-13(16)15-9-7-12(8-10-15)4-6-14(17)18/h11-12H,3-10H2,1-2H3,(H,17,18). The molecular formula is C14H25NO4. The highest BCUT2D eigenvalue weighted by atomic mass is 16.5. The molecule has 5 nitrogen and oxygen atoms in total. The number of carboxylic acids is 1. The van der Waals surface area contributed by atoms with Crippen LogP contribution in [0.4, 0.5) is 0 Å². The Morgan fingerprint density at radius 3 is 2.47 bits per heavy atom. The van der Waals surface area contributed by atoms with Crippen LogP contribution in [-0.2, 0) is 14.3 Å². The van der Waals surface area contributed by atoms with Gasteiger partial charge >= 0.3 is 5.97 Å². The van der Waals surface area contributed by atoms with Gasteiger partial charge in [-0.1, -0.05) is 0 Å². The lowest BCUT2D eigenvalue weighted by molar-refractivity contribution is -0.138. The van der Waals surface area contributed by atoms with Crippen LogP contribution in [0.5, 0.6) is 0 Å². The summed E-state index contributed by atoms with van der Waals surface area (Å²) in [4.78, 5) is 24.4. The molecule has 1 unspecified atom stereocenters. The molecule has 0 aromatic carbocycles. The monoisotopic (exact) mass is 271 g/mol. The number of amides is 1. The van der Waals surface area contributed by atoms with E-state index < -0.39 is 5.97 Å². The number of hydrogen-bond donors (Lipinski definition) is 1. The number of rotatable bonds is 7. The number of carboxylic acid groups (broad SMARTS) is 1. The molecule has 1 amide bonds. The lowest BCUT2D eigenvalue weighted by Gasteiger charge is -2.32. The van der Waals surface area contributed by atoms with Crippen LogP contribution in [0.2, 0.25) is 0 Å². The molecule has 19 heavy (non-hydrogen) atoms. The Balaban J connectivity index is 2.21. The number of aliphatic carboxylic acids is 1. The van der Waals surface area contributed by atoms with Crippen molar-refractivity contribution in [1.82, 2.24) is 4.90 Å². The molecule has 110 valence electrons. The van der Waals surface area contributed by atoms with Gasteiger partial charge in [-0.3, -0.25) is 9.59 Å². The second kappa shape index (κ2) is 8.15. The Morgan fingerprint density at radius 2 is 1.95 bits per heavy atom. The summed E-state index contributed by atoms with van der Waals surface area (Å²) in [5.74, 6) is -0.0781. The van der Waals surface area contributed by atoms with Gasteiger partial charge in [0.05, 0.1) is 6.10 Å². The minimum atomic E-state index is -0.730. The molecule has 0 bridgehead atoms. The van der Waals surface area contributed by atoms with Crippen LogP contribution in [0.15, 0.2) is 0 Å². The molecule has 1 atom stereocenters. The molecule has 1 saturated heterocycles. The first-order valence-electron chi connectivity index (χ1n) is 7.05. The number of nitrogens with zero attached hydrogens (tertiary/aromatic N) is 1. The van der Waals surface area contributed by atoms with E-state index in [0.29, 0.717) is 12.3 Å². The van der Waals surface area contributed by atoms with Crippen molar-refractivity contribution in [2.45, 2.75) is 51.6 Å². The van der Waals surface area contributed by atoms with E-state index in [1.54, 1.807) is 7.11 Å². The number of likely N-dealkylation sites (tertiary alicyclic amines) is 1. The summed E-state index contributed by atoms with van der Waals surface area (Å²) in [6, 6.07) is 0. The molecule has 1 aliphatic rings. The van der Waals surface area contributed by atoms with E-state index in [9.17, 15) is 9.59 Å². The minimum Gasteiger partial charge on any atom is -0.481 e. The minimum absolute atomic E-state index is 0.122. The maximum Gasteiger partial charge on any atom is 0.303 e. The van der Waals surface area contributed by atoms with E-state index >= 15 is 0 Å². The lowest BCUT2D eigenvalue weighted by atomic mass is 9.92. The second-order valence-electron chi connectivity index (χ2n) is 5.34. The normalized spacial score (nSPS) is 18.3. The Bertz CT molecular complexity index is 298. The van der Waals surface area contributed by atoms with E-state index in [2.05, 4.69) is 0 Å². The maximum absolute atomic E-state index is 12.0. The first kappa shape index (κ1) is 16.0. The summed E-state index contributed by atoms with van der Waals surface area (Å²) in [6.07, 6.45) is 4.25. The van der Waals surface area contributed by atoms with Gasteiger partial charge < -0.3 is 14.7 Å². The van der Waals surface area contributed by atoms with Crippen molar-refractivity contribution in [2.24, 2.45) is 5.92 Å². The van der Waals surface area contributed by atoms with E-state index in [-0.39, 0.29) is 18.4 Å². The quantitative estimate of drug-likeness (QED) is 0.768. The van der Waals surface area contributed by atoms with Crippen molar-refractivity contribution < 1.29 is 19.4 Å². The number of hydrogen-bond acceptors (Lipinski definition) is 3.